The second-order valence-corrected chi connectivity index (χ2v) is 10.6. The van der Waals surface area contributed by atoms with Crippen molar-refractivity contribution in [1.82, 2.24) is 10.1 Å². The van der Waals surface area contributed by atoms with Gasteiger partial charge in [-0.25, -0.2) is 0 Å². The van der Waals surface area contributed by atoms with E-state index in [-0.39, 0.29) is 12.0 Å². The summed E-state index contributed by atoms with van der Waals surface area (Å²) < 4.78 is 23.1. The molecule has 3 aliphatic rings. The number of benzene rings is 1. The molecule has 0 spiro atoms. The van der Waals surface area contributed by atoms with E-state index in [0.717, 1.165) is 50.6 Å². The number of hydrogen-bond acceptors (Lipinski definition) is 8. The van der Waals surface area contributed by atoms with E-state index in [1.54, 1.807) is 0 Å². The fourth-order valence-electron chi connectivity index (χ4n) is 5.55. The largest absolute Gasteiger partial charge is 0.492 e. The van der Waals surface area contributed by atoms with Crippen molar-refractivity contribution in [3.8, 4) is 11.6 Å². The van der Waals surface area contributed by atoms with Gasteiger partial charge in [0.05, 0.1) is 25.2 Å². The number of nitrogens with zero attached hydrogens (tertiary/aromatic N) is 2. The fourth-order valence-corrected chi connectivity index (χ4v) is 5.55. The molecule has 3 fully saturated rings. The summed E-state index contributed by atoms with van der Waals surface area (Å²) in [6, 6.07) is 5.61. The van der Waals surface area contributed by atoms with Crippen molar-refractivity contribution in [1.29, 1.82) is 0 Å². The number of hydrogen-bond donors (Lipinski definition) is 2. The van der Waals surface area contributed by atoms with E-state index >= 15 is 0 Å². The van der Waals surface area contributed by atoms with Gasteiger partial charge in [0.2, 0.25) is 0 Å². The van der Waals surface area contributed by atoms with Gasteiger partial charge in [-0.2, -0.15) is 0 Å². The molecule has 1 aromatic carbocycles. The van der Waals surface area contributed by atoms with E-state index in [0.29, 0.717) is 68.9 Å². The van der Waals surface area contributed by atoms with Gasteiger partial charge >= 0.3 is 5.97 Å². The Morgan fingerprint density at radius 2 is 1.91 bits per heavy atom. The van der Waals surface area contributed by atoms with Crippen LogP contribution in [0.2, 0.25) is 0 Å². The maximum absolute atomic E-state index is 12.0. The molecule has 3 heterocycles. The van der Waals surface area contributed by atoms with Crippen molar-refractivity contribution in [3.05, 3.63) is 18.2 Å². The predicted molar refractivity (Wildman–Crippen MR) is 128 cm³/mol. The fraction of sp³-hybridized carbons (Fsp3) is 0.692. The molecule has 2 N–H and O–H groups in total. The number of ether oxygens (including phenoxy) is 3. The minimum atomic E-state index is -0.704. The molecular formula is C26H36N2O7. The van der Waals surface area contributed by atoms with Crippen LogP contribution < -0.4 is 9.47 Å². The quantitative estimate of drug-likeness (QED) is 0.520. The van der Waals surface area contributed by atoms with E-state index < -0.39 is 11.4 Å². The lowest BCUT2D eigenvalue weighted by molar-refractivity contribution is -0.157. The molecule has 0 bridgehead atoms. The zero-order valence-corrected chi connectivity index (χ0v) is 20.2. The van der Waals surface area contributed by atoms with Crippen LogP contribution in [-0.4, -0.2) is 78.9 Å². The molecule has 1 aliphatic carbocycles. The summed E-state index contributed by atoms with van der Waals surface area (Å²) in [5.74, 6) is 0.777. The number of piperidine rings is 1. The van der Waals surface area contributed by atoms with Gasteiger partial charge in [0.25, 0.3) is 5.88 Å². The molecule has 0 unspecified atom stereocenters. The Labute approximate surface area is 205 Å². The Bertz CT molecular complexity index is 999. The normalized spacial score (nSPS) is 22.5. The van der Waals surface area contributed by atoms with Crippen molar-refractivity contribution in [2.24, 2.45) is 16.7 Å². The molecule has 0 amide bonds. The Balaban J connectivity index is 1.16. The first-order chi connectivity index (χ1) is 17.0. The van der Waals surface area contributed by atoms with E-state index in [9.17, 15) is 15.0 Å². The predicted octanol–water partition coefficient (Wildman–Crippen LogP) is 3.34. The van der Waals surface area contributed by atoms with Crippen molar-refractivity contribution >= 4 is 16.9 Å². The number of likely N-dealkylation sites (tertiary alicyclic amines) is 1. The average Bonchev–Trinajstić information content (AvgIpc) is 3.28. The molecule has 9 heteroatoms. The first-order valence-corrected chi connectivity index (χ1v) is 12.8. The molecule has 5 rings (SSSR count). The molecule has 1 saturated carbocycles. The summed E-state index contributed by atoms with van der Waals surface area (Å²) in [7, 11) is 0. The Morgan fingerprint density at radius 3 is 2.57 bits per heavy atom. The van der Waals surface area contributed by atoms with Gasteiger partial charge in [-0.3, -0.25) is 4.79 Å². The van der Waals surface area contributed by atoms with Crippen molar-refractivity contribution in [2.45, 2.75) is 44.9 Å². The first kappa shape index (κ1) is 24.3. The minimum absolute atomic E-state index is 0.135. The summed E-state index contributed by atoms with van der Waals surface area (Å²) in [4.78, 5) is 14.3. The summed E-state index contributed by atoms with van der Waals surface area (Å²) in [6.45, 7) is 4.49. The molecule has 1 aromatic heterocycles. The zero-order chi connectivity index (χ0) is 24.3. The number of fused-ring (bicyclic) bond motifs is 1. The highest BCUT2D eigenvalue weighted by molar-refractivity contribution is 5.88. The molecular weight excluding hydrogens is 452 g/mol. The van der Waals surface area contributed by atoms with Gasteiger partial charge in [0.15, 0.2) is 5.58 Å². The van der Waals surface area contributed by atoms with Crippen LogP contribution in [0.4, 0.5) is 0 Å². The topological polar surface area (TPSA) is 114 Å². The number of carboxylic acids is 1. The van der Waals surface area contributed by atoms with Crippen LogP contribution in [0.15, 0.2) is 22.7 Å². The SMILES string of the molecule is O=C(O)C1(CN2CCC(COc3noc4cccc(OCC5(CO)CCC5)c34)CC2)CCOCC1. The van der Waals surface area contributed by atoms with Crippen LogP contribution in [-0.2, 0) is 9.53 Å². The lowest BCUT2D eigenvalue weighted by Crippen LogP contribution is -2.49. The maximum Gasteiger partial charge on any atom is 0.311 e. The molecule has 192 valence electrons. The third-order valence-corrected chi connectivity index (χ3v) is 8.31. The zero-order valence-electron chi connectivity index (χ0n) is 20.2. The summed E-state index contributed by atoms with van der Waals surface area (Å²) in [5, 5.41) is 24.5. The highest BCUT2D eigenvalue weighted by atomic mass is 16.5. The molecule has 2 aromatic rings. The van der Waals surface area contributed by atoms with Crippen molar-refractivity contribution < 1.29 is 33.7 Å². The number of aliphatic hydroxyl groups excluding tert-OH is 1. The summed E-state index contributed by atoms with van der Waals surface area (Å²) >= 11 is 0. The number of carbonyl (C=O) groups is 1. The number of aliphatic hydroxyl groups is 1. The van der Waals surface area contributed by atoms with Gasteiger partial charge in [0.1, 0.15) is 11.1 Å². The number of aliphatic carboxylic acids is 1. The van der Waals surface area contributed by atoms with Gasteiger partial charge in [-0.15, -0.1) is 0 Å². The highest BCUT2D eigenvalue weighted by Gasteiger charge is 2.42. The molecule has 0 radical (unpaired) electrons. The van der Waals surface area contributed by atoms with Gasteiger partial charge < -0.3 is 33.8 Å². The summed E-state index contributed by atoms with van der Waals surface area (Å²) in [5.41, 5.74) is -0.210. The van der Waals surface area contributed by atoms with E-state index in [1.165, 1.54) is 0 Å². The Morgan fingerprint density at radius 1 is 1.14 bits per heavy atom. The van der Waals surface area contributed by atoms with Crippen molar-refractivity contribution in [2.75, 3.05) is 52.7 Å². The average molecular weight is 489 g/mol. The van der Waals surface area contributed by atoms with E-state index in [4.69, 9.17) is 18.7 Å². The Kier molecular flexibility index (Phi) is 7.18. The second-order valence-electron chi connectivity index (χ2n) is 10.6. The lowest BCUT2D eigenvalue weighted by atomic mass is 9.70. The van der Waals surface area contributed by atoms with Crippen molar-refractivity contribution in [3.63, 3.8) is 0 Å². The van der Waals surface area contributed by atoms with Gasteiger partial charge in [-0.05, 0) is 74.8 Å². The van der Waals surface area contributed by atoms with Crippen LogP contribution in [0, 0.1) is 16.7 Å². The van der Waals surface area contributed by atoms with E-state index in [1.807, 2.05) is 18.2 Å². The molecule has 9 nitrogen and oxygen atoms in total. The molecule has 2 aliphatic heterocycles. The van der Waals surface area contributed by atoms with Crippen LogP contribution in [0.25, 0.3) is 11.0 Å². The number of aromatic nitrogens is 1. The number of rotatable bonds is 10. The van der Waals surface area contributed by atoms with E-state index in [2.05, 4.69) is 10.1 Å². The van der Waals surface area contributed by atoms with Crippen LogP contribution in [0.3, 0.4) is 0 Å². The molecule has 35 heavy (non-hydrogen) atoms. The number of carboxylic acid groups (broad SMARTS) is 1. The second kappa shape index (κ2) is 10.3. The van der Waals surface area contributed by atoms with Crippen LogP contribution >= 0.6 is 0 Å². The van der Waals surface area contributed by atoms with Crippen LogP contribution in [0.5, 0.6) is 11.6 Å². The monoisotopic (exact) mass is 488 g/mol. The Hall–Kier alpha value is -2.36. The molecule has 2 saturated heterocycles. The molecule has 0 atom stereocenters. The van der Waals surface area contributed by atoms with Gasteiger partial charge in [0, 0.05) is 25.2 Å². The third kappa shape index (κ3) is 5.13. The third-order valence-electron chi connectivity index (χ3n) is 8.31. The minimum Gasteiger partial charge on any atom is -0.492 e. The standard InChI is InChI=1S/C26H36N2O7/c29-17-25(7-2-8-25)18-34-20-3-1-4-21-22(20)23(27-35-21)33-15-19-5-11-28(12-6-19)16-26(24(30)31)9-13-32-14-10-26/h1,3-4,19,29H,2,5-18H2,(H,30,31). The summed E-state index contributed by atoms with van der Waals surface area (Å²) in [6.07, 6.45) is 6.14. The first-order valence-electron chi connectivity index (χ1n) is 12.8. The van der Waals surface area contributed by atoms with Crippen LogP contribution in [0.1, 0.15) is 44.9 Å². The smallest absolute Gasteiger partial charge is 0.311 e. The lowest BCUT2D eigenvalue weighted by Gasteiger charge is -2.40. The maximum atomic E-state index is 12.0. The van der Waals surface area contributed by atoms with Gasteiger partial charge in [-0.1, -0.05) is 12.5 Å². The highest BCUT2D eigenvalue weighted by Crippen LogP contribution is 2.42.